The van der Waals surface area contributed by atoms with Crippen LogP contribution in [0, 0.1) is 0 Å². The first kappa shape index (κ1) is 17.8. The number of pyridine rings is 1. The fourth-order valence-electron chi connectivity index (χ4n) is 1.62. The van der Waals surface area contributed by atoms with Gasteiger partial charge in [0.2, 0.25) is 5.88 Å². The number of hydrogen-bond donors (Lipinski definition) is 1. The van der Waals surface area contributed by atoms with Crippen LogP contribution in [0.15, 0.2) is 12.1 Å². The zero-order valence-corrected chi connectivity index (χ0v) is 13.1. The topological polar surface area (TPSA) is 34.1 Å². The quantitative estimate of drug-likeness (QED) is 0.898. The molecule has 0 aliphatic rings. The molecule has 0 aliphatic carbocycles. The molecule has 120 valence electrons. The molecule has 1 aromatic rings. The summed E-state index contributed by atoms with van der Waals surface area (Å²) in [4.78, 5) is 4.22. The molecular weight excluding hydrogens is 281 g/mol. The summed E-state index contributed by atoms with van der Waals surface area (Å²) in [5, 5.41) is 3.15. The minimum Gasteiger partial charge on any atom is -0.465 e. The zero-order valence-electron chi connectivity index (χ0n) is 13.1. The van der Waals surface area contributed by atoms with Gasteiger partial charge < -0.3 is 10.1 Å². The zero-order chi connectivity index (χ0) is 16.3. The van der Waals surface area contributed by atoms with Gasteiger partial charge in [0.1, 0.15) is 0 Å². The molecule has 1 rings (SSSR count). The predicted octanol–water partition coefficient (Wildman–Crippen LogP) is 3.82. The van der Waals surface area contributed by atoms with E-state index in [1.807, 2.05) is 33.8 Å². The molecule has 3 nitrogen and oxygen atoms in total. The highest BCUT2D eigenvalue weighted by atomic mass is 19.4. The predicted molar refractivity (Wildman–Crippen MR) is 76.5 cm³/mol. The highest BCUT2D eigenvalue weighted by Gasteiger charge is 2.38. The van der Waals surface area contributed by atoms with E-state index in [1.54, 1.807) is 6.07 Å². The van der Waals surface area contributed by atoms with Crippen molar-refractivity contribution >= 4 is 0 Å². The summed E-state index contributed by atoms with van der Waals surface area (Å²) in [6.45, 7) is 10.2. The largest absolute Gasteiger partial charge is 0.465 e. The van der Waals surface area contributed by atoms with Crippen molar-refractivity contribution in [2.75, 3.05) is 6.54 Å². The summed E-state index contributed by atoms with van der Waals surface area (Å²) in [5.74, 6) is 0.0140. The van der Waals surface area contributed by atoms with Crippen LogP contribution in [-0.2, 0) is 12.0 Å². The Hall–Kier alpha value is -1.30. The third-order valence-electron chi connectivity index (χ3n) is 2.97. The van der Waals surface area contributed by atoms with Gasteiger partial charge in [0.15, 0.2) is 6.10 Å². The molecule has 1 aromatic heterocycles. The van der Waals surface area contributed by atoms with Gasteiger partial charge in [-0.1, -0.05) is 27.7 Å². The lowest BCUT2D eigenvalue weighted by molar-refractivity contribution is -0.190. The summed E-state index contributed by atoms with van der Waals surface area (Å²) in [6.07, 6.45) is -6.28. The molecule has 21 heavy (non-hydrogen) atoms. The lowest BCUT2D eigenvalue weighted by Crippen LogP contribution is -2.31. The van der Waals surface area contributed by atoms with Crippen molar-refractivity contribution in [3.8, 4) is 5.88 Å². The van der Waals surface area contributed by atoms with Crippen LogP contribution in [-0.4, -0.2) is 23.8 Å². The highest BCUT2D eigenvalue weighted by molar-refractivity contribution is 5.28. The standard InChI is InChI=1S/C15H23F3N2O/c1-6-19-9-11-7-12(14(3,4)5)20-13(8-11)21-10(2)15(16,17)18/h7-8,10,19H,6,9H2,1-5H3. The Kier molecular flexibility index (Phi) is 5.61. The summed E-state index contributed by atoms with van der Waals surface area (Å²) in [6, 6.07) is 3.45. The van der Waals surface area contributed by atoms with E-state index in [1.165, 1.54) is 0 Å². The maximum atomic E-state index is 12.6. The molecule has 0 saturated carbocycles. The molecule has 0 aromatic carbocycles. The van der Waals surface area contributed by atoms with Gasteiger partial charge in [-0.3, -0.25) is 0 Å². The van der Waals surface area contributed by atoms with Gasteiger partial charge in [0.05, 0.1) is 5.69 Å². The maximum Gasteiger partial charge on any atom is 0.425 e. The average molecular weight is 304 g/mol. The van der Waals surface area contributed by atoms with E-state index in [4.69, 9.17) is 4.74 Å². The first-order valence-corrected chi connectivity index (χ1v) is 6.99. The monoisotopic (exact) mass is 304 g/mol. The number of nitrogens with zero attached hydrogens (tertiary/aromatic N) is 1. The van der Waals surface area contributed by atoms with Crippen molar-refractivity contribution in [3.63, 3.8) is 0 Å². The first-order valence-electron chi connectivity index (χ1n) is 6.99. The van der Waals surface area contributed by atoms with Crippen LogP contribution in [0.5, 0.6) is 5.88 Å². The molecule has 1 atom stereocenters. The molecule has 1 heterocycles. The Bertz CT molecular complexity index is 467. The van der Waals surface area contributed by atoms with Crippen LogP contribution in [0.4, 0.5) is 13.2 Å². The van der Waals surface area contributed by atoms with Crippen molar-refractivity contribution in [1.29, 1.82) is 0 Å². The molecule has 0 saturated heterocycles. The van der Waals surface area contributed by atoms with Crippen LogP contribution >= 0.6 is 0 Å². The lowest BCUT2D eigenvalue weighted by atomic mass is 9.91. The third kappa shape index (κ3) is 5.53. The molecule has 0 radical (unpaired) electrons. The van der Waals surface area contributed by atoms with E-state index in [0.29, 0.717) is 12.2 Å². The Labute approximate surface area is 123 Å². The van der Waals surface area contributed by atoms with Crippen LogP contribution in [0.3, 0.4) is 0 Å². The molecule has 0 bridgehead atoms. The molecule has 1 unspecified atom stereocenters. The van der Waals surface area contributed by atoms with Gasteiger partial charge in [-0.15, -0.1) is 0 Å². The number of alkyl halides is 3. The van der Waals surface area contributed by atoms with Crippen molar-refractivity contribution in [2.24, 2.45) is 0 Å². The van der Waals surface area contributed by atoms with Crippen molar-refractivity contribution in [3.05, 3.63) is 23.4 Å². The Morgan fingerprint density at radius 2 is 1.86 bits per heavy atom. The molecule has 0 fully saturated rings. The second kappa shape index (κ2) is 6.64. The molecule has 0 aliphatic heterocycles. The summed E-state index contributed by atoms with van der Waals surface area (Å²) in [7, 11) is 0. The minimum atomic E-state index is -4.40. The van der Waals surface area contributed by atoms with Crippen molar-refractivity contribution in [1.82, 2.24) is 10.3 Å². The Balaban J connectivity index is 3.07. The number of halogens is 3. The minimum absolute atomic E-state index is 0.0140. The smallest absolute Gasteiger partial charge is 0.425 e. The van der Waals surface area contributed by atoms with Crippen LogP contribution in [0.2, 0.25) is 0 Å². The second-order valence-corrected chi connectivity index (χ2v) is 6.03. The lowest BCUT2D eigenvalue weighted by Gasteiger charge is -2.22. The fourth-order valence-corrected chi connectivity index (χ4v) is 1.62. The van der Waals surface area contributed by atoms with Gasteiger partial charge in [0.25, 0.3) is 0 Å². The molecule has 0 amide bonds. The van der Waals surface area contributed by atoms with E-state index in [2.05, 4.69) is 10.3 Å². The highest BCUT2D eigenvalue weighted by Crippen LogP contribution is 2.28. The molecule has 6 heteroatoms. The van der Waals surface area contributed by atoms with Gasteiger partial charge in [0, 0.05) is 18.0 Å². The Morgan fingerprint density at radius 3 is 2.33 bits per heavy atom. The first-order chi connectivity index (χ1) is 9.54. The summed E-state index contributed by atoms with van der Waals surface area (Å²) < 4.78 is 42.8. The van der Waals surface area contributed by atoms with Gasteiger partial charge in [-0.05, 0) is 25.1 Å². The SMILES string of the molecule is CCNCc1cc(OC(C)C(F)(F)F)nc(C(C)(C)C)c1. The number of nitrogens with one attached hydrogen (secondary N) is 1. The normalized spacial score (nSPS) is 14.1. The fraction of sp³-hybridized carbons (Fsp3) is 0.667. The molecule has 0 spiro atoms. The second-order valence-electron chi connectivity index (χ2n) is 6.03. The van der Waals surface area contributed by atoms with Crippen molar-refractivity contribution < 1.29 is 17.9 Å². The number of ether oxygens (including phenoxy) is 1. The summed E-state index contributed by atoms with van der Waals surface area (Å²) in [5.41, 5.74) is 1.31. The van der Waals surface area contributed by atoms with E-state index in [-0.39, 0.29) is 11.3 Å². The van der Waals surface area contributed by atoms with E-state index in [0.717, 1.165) is 19.0 Å². The molecule has 1 N–H and O–H groups in total. The Morgan fingerprint density at radius 1 is 1.24 bits per heavy atom. The number of rotatable bonds is 5. The van der Waals surface area contributed by atoms with Gasteiger partial charge in [-0.2, -0.15) is 13.2 Å². The molecular formula is C15H23F3N2O. The summed E-state index contributed by atoms with van der Waals surface area (Å²) >= 11 is 0. The van der Waals surface area contributed by atoms with Gasteiger partial charge in [-0.25, -0.2) is 4.98 Å². The van der Waals surface area contributed by atoms with E-state index < -0.39 is 12.3 Å². The number of hydrogen-bond acceptors (Lipinski definition) is 3. The van der Waals surface area contributed by atoms with Gasteiger partial charge >= 0.3 is 6.18 Å². The van der Waals surface area contributed by atoms with E-state index in [9.17, 15) is 13.2 Å². The third-order valence-corrected chi connectivity index (χ3v) is 2.97. The maximum absolute atomic E-state index is 12.6. The van der Waals surface area contributed by atoms with Crippen LogP contribution in [0.25, 0.3) is 0 Å². The number of aromatic nitrogens is 1. The van der Waals surface area contributed by atoms with E-state index >= 15 is 0 Å². The van der Waals surface area contributed by atoms with Crippen LogP contribution < -0.4 is 10.1 Å². The average Bonchev–Trinajstić information content (AvgIpc) is 2.34. The van der Waals surface area contributed by atoms with Crippen molar-refractivity contribution in [2.45, 2.75) is 58.9 Å². The van der Waals surface area contributed by atoms with Crippen LogP contribution in [0.1, 0.15) is 45.9 Å².